The lowest BCUT2D eigenvalue weighted by atomic mass is 9.96. The molecule has 4 fully saturated rings. The van der Waals surface area contributed by atoms with Crippen molar-refractivity contribution in [2.75, 3.05) is 106 Å². The Kier molecular flexibility index (Phi) is 34.1. The molecule has 0 atom stereocenters. The van der Waals surface area contributed by atoms with Crippen molar-refractivity contribution < 1.29 is 91.7 Å². The number of hydrogen-bond acceptors (Lipinski definition) is 27. The number of ether oxygens (including phenoxy) is 6. The first-order chi connectivity index (χ1) is 68.5. The van der Waals surface area contributed by atoms with E-state index in [9.17, 15) is 40.7 Å². The molecule has 10 heterocycles. The Labute approximate surface area is 825 Å². The molecule has 0 bridgehead atoms. The Hall–Kier alpha value is -14.7. The molecule has 0 spiro atoms. The monoisotopic (exact) mass is 1960 g/mol. The second-order valence-corrected chi connectivity index (χ2v) is 37.0. The molecule has 3 amide bonds. The van der Waals surface area contributed by atoms with Gasteiger partial charge < -0.3 is 75.4 Å². The van der Waals surface area contributed by atoms with Crippen molar-refractivity contribution in [2.24, 2.45) is 0 Å². The van der Waals surface area contributed by atoms with Crippen LogP contribution in [-0.4, -0.2) is 216 Å². The summed E-state index contributed by atoms with van der Waals surface area (Å²) in [5.74, 6) is 7.68. The molecule has 0 N–H and O–H groups in total. The van der Waals surface area contributed by atoms with Crippen LogP contribution < -0.4 is 18.9 Å². The summed E-state index contributed by atoms with van der Waals surface area (Å²) in [6.45, 7) is 31.3. The van der Waals surface area contributed by atoms with E-state index in [2.05, 4.69) is 79.6 Å². The number of methoxy groups -OCH3 is 1. The van der Waals surface area contributed by atoms with E-state index in [1.165, 1.54) is 12.1 Å². The van der Waals surface area contributed by atoms with Gasteiger partial charge in [0.25, 0.3) is 29.5 Å². The highest BCUT2D eigenvalue weighted by Gasteiger charge is 2.39. The van der Waals surface area contributed by atoms with Crippen LogP contribution in [0.25, 0.3) is 102 Å². The first-order valence-electron chi connectivity index (χ1n) is 47.6. The molecule has 4 aliphatic heterocycles. The molecule has 143 heavy (non-hydrogen) atoms. The second-order valence-electron chi connectivity index (χ2n) is 37.0. The van der Waals surface area contributed by atoms with Crippen molar-refractivity contribution in [3.05, 3.63) is 245 Å². The lowest BCUT2D eigenvalue weighted by molar-refractivity contribution is -0.137. The highest BCUT2D eigenvalue weighted by molar-refractivity contribution is 5.95. The molecule has 30 nitrogen and oxygen atoms in total. The zero-order valence-corrected chi connectivity index (χ0v) is 82.8. The number of nitrogens with zero attached hydrogens (tertiary/aromatic N) is 16. The minimum Gasteiger partial charge on any atom is -0.494 e. The van der Waals surface area contributed by atoms with Crippen LogP contribution >= 0.6 is 0 Å². The normalized spacial score (nSPS) is 14.7. The van der Waals surface area contributed by atoms with Gasteiger partial charge >= 0.3 is 24.5 Å². The number of carbonyl (C=O) groups is 3. The molecule has 4 saturated heterocycles. The molecule has 0 unspecified atom stereocenters. The first kappa shape index (κ1) is 104. The van der Waals surface area contributed by atoms with E-state index in [0.29, 0.717) is 153 Å². The van der Waals surface area contributed by atoms with Gasteiger partial charge in [0.2, 0.25) is 17.6 Å². The smallest absolute Gasteiger partial charge is 0.417 e. The van der Waals surface area contributed by atoms with Gasteiger partial charge in [-0.3, -0.25) is 9.78 Å². The van der Waals surface area contributed by atoms with Crippen LogP contribution in [-0.2, 0) is 21.8 Å². The second kappa shape index (κ2) is 46.8. The predicted octanol–water partition coefficient (Wildman–Crippen LogP) is 23.3. The van der Waals surface area contributed by atoms with E-state index in [0.717, 1.165) is 120 Å². The number of alkyl halides is 6. The number of aryl methyl sites for hydroxylation is 3. The number of hydrogen-bond donors (Lipinski definition) is 0. The molecule has 6 aromatic heterocycles. The van der Waals surface area contributed by atoms with Gasteiger partial charge in [0, 0.05) is 114 Å². The lowest BCUT2D eigenvalue weighted by Gasteiger charge is -2.35. The molecule has 0 saturated carbocycles. The van der Waals surface area contributed by atoms with Crippen LogP contribution in [0, 0.1) is 20.8 Å². The summed E-state index contributed by atoms with van der Waals surface area (Å²) in [5, 5.41) is 24.6. The molecular formula is C107H118F6N16O14. The van der Waals surface area contributed by atoms with E-state index >= 15 is 0 Å². The van der Waals surface area contributed by atoms with Gasteiger partial charge in [0.05, 0.1) is 38.1 Å². The van der Waals surface area contributed by atoms with Crippen molar-refractivity contribution in [1.82, 2.24) is 80.2 Å². The number of halogens is 6. The average Bonchev–Trinajstić information content (AvgIpc) is 1.77. The topological polar surface area (TPSA) is 330 Å². The molecule has 18 rings (SSSR count). The molecule has 14 aromatic rings. The van der Waals surface area contributed by atoms with Crippen LogP contribution in [0.15, 0.2) is 217 Å². The summed E-state index contributed by atoms with van der Waals surface area (Å²) in [6.07, 6.45) is -1.13. The summed E-state index contributed by atoms with van der Waals surface area (Å²) < 4.78 is 143. The van der Waals surface area contributed by atoms with Crippen molar-refractivity contribution in [1.29, 1.82) is 0 Å². The van der Waals surface area contributed by atoms with Crippen molar-refractivity contribution in [3.63, 3.8) is 0 Å². The number of likely N-dealkylation sites (tertiary alicyclic amines) is 3. The summed E-state index contributed by atoms with van der Waals surface area (Å²) in [6, 6.07) is 51.5. The van der Waals surface area contributed by atoms with Crippen molar-refractivity contribution >= 4 is 18.1 Å². The van der Waals surface area contributed by atoms with E-state index < -0.39 is 34.7 Å². The Balaban J connectivity index is 0.000000144. The minimum atomic E-state index is -4.54. The maximum absolute atomic E-state index is 13.8. The maximum Gasteiger partial charge on any atom is 0.417 e. The van der Waals surface area contributed by atoms with Crippen LogP contribution in [0.3, 0.4) is 0 Å². The van der Waals surface area contributed by atoms with Gasteiger partial charge in [0.15, 0.2) is 29.0 Å². The quantitative estimate of drug-likeness (QED) is 0.0640. The maximum atomic E-state index is 13.8. The number of piperidine rings is 3. The Morgan fingerprint density at radius 1 is 0.371 bits per heavy atom. The molecule has 752 valence electrons. The molecule has 4 aliphatic rings. The first-order valence-corrected chi connectivity index (χ1v) is 47.6. The summed E-state index contributed by atoms with van der Waals surface area (Å²) in [5.41, 5.74) is 6.79. The van der Waals surface area contributed by atoms with E-state index in [-0.39, 0.29) is 64.0 Å². The van der Waals surface area contributed by atoms with Gasteiger partial charge in [0.1, 0.15) is 22.7 Å². The summed E-state index contributed by atoms with van der Waals surface area (Å²) in [7, 11) is 5.79. The third kappa shape index (κ3) is 27.6. The lowest BCUT2D eigenvalue weighted by Crippen LogP contribution is -2.51. The zero-order chi connectivity index (χ0) is 102. The SMILES string of the molecule is CC(C)(C)OC(=O)N1CCC(c2noc(-c3ccc(-c4ccccc4)c(C(F)(F)F)c3)n2)CC1.CCOc1cc(-c2nc(C3CCN(C)CC3)no2)ccc1C.CCOc1cc(-c2nnc(-c3ccncc3)o2)ccc1C.CCOc1ccc(-c2nc(-c3ccc(C(=O)N4CCN(C(=O)OC(C)(C)C)CC4)cc3C)no2)cc1OC.CN1CCC(c2noc(-c3ccc(-c4ccccc4)c(C(F)(F)F)c3)n2)CC1. The van der Waals surface area contributed by atoms with Gasteiger partial charge in [-0.15, -0.1) is 10.2 Å². The number of piperazine rings is 1. The predicted molar refractivity (Wildman–Crippen MR) is 525 cm³/mol. The average molecular weight is 1970 g/mol. The third-order valence-corrected chi connectivity index (χ3v) is 24.2. The summed E-state index contributed by atoms with van der Waals surface area (Å²) in [4.78, 5) is 69.2. The van der Waals surface area contributed by atoms with Crippen LogP contribution in [0.1, 0.15) is 174 Å². The minimum absolute atomic E-state index is 0.0367. The largest absolute Gasteiger partial charge is 0.494 e. The number of pyridine rings is 1. The Morgan fingerprint density at radius 3 is 1.17 bits per heavy atom. The number of carbonyl (C=O) groups excluding carboxylic acids is 3. The number of aromatic nitrogens is 11. The number of amides is 3. The molecule has 0 radical (unpaired) electrons. The van der Waals surface area contributed by atoms with Crippen LogP contribution in [0.4, 0.5) is 35.9 Å². The summed E-state index contributed by atoms with van der Waals surface area (Å²) >= 11 is 0. The fourth-order valence-corrected chi connectivity index (χ4v) is 16.5. The standard InChI is InChI=1S/C28H34N4O6.C25H26F3N3O3.C21H20F3N3O.C17H23N3O2.C16H15N3O2/c1-7-36-22-11-9-19(17-23(22)35-6)25-29-24(30-38-25)21-10-8-20(16-18(21)2)26(33)31-12-14-32(15-13-31)27(34)37-28(3,4)5;1-24(2,3)33-23(32)31-13-11-17(12-14-31)21-29-22(34-30-21)18-9-10-19(16-7-5-4-6-8-16)20(15-18)25(26,27)28;1-27-11-9-15(10-12-27)19-25-20(28-26-19)16-7-8-17(14-5-3-2-4-6-14)18(13-16)21(22,23)24;1-4-21-15-11-14(6-5-12(15)2)17-18-16(19-22-17)13-7-9-20(3)10-8-13;1-3-20-14-10-13(5-4-11(14)2)16-19-18-15(21-16)12-6-8-17-9-7-12/h8-11,16-17H,7,12-15H2,1-6H3;4-10,15,17H,11-14H2,1-3H3;2-8,13,15H,9-12H2,1H3;5-6,11,13H,4,7-10H2,1-3H3;4-10H,3H2,1-2H3. The third-order valence-electron chi connectivity index (χ3n) is 24.2. The van der Waals surface area contributed by atoms with E-state index in [1.54, 1.807) is 125 Å². The highest BCUT2D eigenvalue weighted by atomic mass is 19.4. The van der Waals surface area contributed by atoms with Gasteiger partial charge in [-0.1, -0.05) is 112 Å². The van der Waals surface area contributed by atoms with E-state index in [4.69, 9.17) is 50.9 Å². The molecular weight excluding hydrogens is 1850 g/mol. The Bertz CT molecular complexity index is 6570. The van der Waals surface area contributed by atoms with Gasteiger partial charge in [-0.2, -0.15) is 46.3 Å². The fourth-order valence-electron chi connectivity index (χ4n) is 16.5. The van der Waals surface area contributed by atoms with Crippen molar-refractivity contribution in [2.45, 2.75) is 163 Å². The highest BCUT2D eigenvalue weighted by Crippen LogP contribution is 2.44. The van der Waals surface area contributed by atoms with Crippen molar-refractivity contribution in [3.8, 4) is 125 Å². The van der Waals surface area contributed by atoms with Gasteiger partial charge in [-0.05, 0) is 292 Å². The molecule has 0 aliphatic carbocycles. The molecule has 36 heteroatoms. The van der Waals surface area contributed by atoms with E-state index in [1.807, 2.05) is 150 Å². The van der Waals surface area contributed by atoms with Crippen LogP contribution in [0.2, 0.25) is 0 Å². The van der Waals surface area contributed by atoms with Gasteiger partial charge in [-0.25, -0.2) is 9.59 Å². The fraction of sp³-hybridized carbons (Fsp3) is 0.383. The number of benzene rings is 8. The molecule has 8 aromatic carbocycles. The Morgan fingerprint density at radius 2 is 0.741 bits per heavy atom. The zero-order valence-electron chi connectivity index (χ0n) is 82.8. The van der Waals surface area contributed by atoms with Crippen LogP contribution in [0.5, 0.6) is 23.0 Å². The number of rotatable bonds is 20.